The van der Waals surface area contributed by atoms with Gasteiger partial charge in [0.1, 0.15) is 0 Å². The summed E-state index contributed by atoms with van der Waals surface area (Å²) < 4.78 is 91.4. The summed E-state index contributed by atoms with van der Waals surface area (Å²) >= 11 is 0. The largest absolute Gasteiger partial charge is 3.00 e. The van der Waals surface area contributed by atoms with Crippen LogP contribution in [-0.4, -0.2) is 29.9 Å². The first kappa shape index (κ1) is 53.3. The van der Waals surface area contributed by atoms with Gasteiger partial charge < -0.3 is 29.9 Å². The minimum atomic E-state index is -2.45. The van der Waals surface area contributed by atoms with Gasteiger partial charge in [-0.2, -0.15) is 0 Å². The van der Waals surface area contributed by atoms with Crippen LogP contribution >= 0.6 is 0 Å². The summed E-state index contributed by atoms with van der Waals surface area (Å²) in [6.45, 7) is 0.209. The van der Waals surface area contributed by atoms with Crippen molar-refractivity contribution in [1.29, 1.82) is 0 Å². The predicted molar refractivity (Wildman–Crippen MR) is 369 cm³/mol. The molecule has 0 saturated carbocycles. The topological polar surface area (TPSA) is 77.3 Å². The summed E-state index contributed by atoms with van der Waals surface area (Å²) in [6.07, 6.45) is 3.24. The maximum atomic E-state index is 7.65. The molecule has 0 saturated heterocycles. The molecule has 450 valence electrons. The fourth-order valence-electron chi connectivity index (χ4n) is 9.21. The van der Waals surface area contributed by atoms with E-state index in [1.54, 1.807) is 12.4 Å². The zero-order valence-electron chi connectivity index (χ0n) is 62.7. The number of fused-ring (bicyclic) bond motifs is 2. The fraction of sp³-hybridized carbons (Fsp3) is 0.108. The Morgan fingerprint density at radius 1 is 0.297 bits per heavy atom. The van der Waals surface area contributed by atoms with Crippen LogP contribution in [0.3, 0.4) is 0 Å². The zero-order valence-corrected chi connectivity index (χ0v) is 55.5. The molecule has 6 heterocycles. The van der Waals surface area contributed by atoms with E-state index < -0.39 is 27.4 Å². The van der Waals surface area contributed by atoms with E-state index in [9.17, 15) is 0 Å². The Hall–Kier alpha value is -9.52. The van der Waals surface area contributed by atoms with Crippen LogP contribution in [0.15, 0.2) is 261 Å². The Balaban J connectivity index is 0.000000177. The Labute approximate surface area is 582 Å². The summed E-state index contributed by atoms with van der Waals surface area (Å²) in [5, 5.41) is 3.53. The molecule has 0 N–H and O–H groups in total. The molecule has 6 aromatic heterocycles. The van der Waals surface area contributed by atoms with Gasteiger partial charge in [0.2, 0.25) is 0 Å². The average Bonchev–Trinajstić information content (AvgIpc) is 0.781. The predicted octanol–water partition coefficient (Wildman–Crippen LogP) is 20.4. The molecule has 14 aromatic rings. The van der Waals surface area contributed by atoms with Crippen molar-refractivity contribution in [3.05, 3.63) is 348 Å². The van der Waals surface area contributed by atoms with Crippen LogP contribution in [0.1, 0.15) is 67.0 Å². The first-order valence-electron chi connectivity index (χ1n) is 34.7. The van der Waals surface area contributed by atoms with Gasteiger partial charge in [0.15, 0.2) is 0 Å². The van der Waals surface area contributed by atoms with Gasteiger partial charge in [-0.1, -0.05) is 124 Å². The summed E-state index contributed by atoms with van der Waals surface area (Å²) in [7, 11) is 0. The molecule has 6 nitrogen and oxygen atoms in total. The van der Waals surface area contributed by atoms with Crippen molar-refractivity contribution in [2.45, 2.75) is 62.0 Å². The first-order valence-corrected chi connectivity index (χ1v) is 28.7. The van der Waals surface area contributed by atoms with Crippen molar-refractivity contribution in [2.24, 2.45) is 0 Å². The third-order valence-corrected chi connectivity index (χ3v) is 13.3. The van der Waals surface area contributed by atoms with Gasteiger partial charge in [0.25, 0.3) is 0 Å². The van der Waals surface area contributed by atoms with E-state index in [0.717, 1.165) is 94.9 Å². The summed E-state index contributed by atoms with van der Waals surface area (Å²) in [5.74, 6) is 0. The van der Waals surface area contributed by atoms with Gasteiger partial charge in [0.05, 0.1) is 0 Å². The number of aromatic nitrogens is 6. The monoisotopic (exact) mass is 1550 g/mol. The van der Waals surface area contributed by atoms with Crippen molar-refractivity contribution < 1.29 is 56.7 Å². The molecule has 0 fully saturated rings. The number of rotatable bonds is 6. The number of hydrogen-bond donors (Lipinski definition) is 0. The molecule has 0 bridgehead atoms. The van der Waals surface area contributed by atoms with Crippen LogP contribution in [0.2, 0.25) is 0 Å². The standard InChI is InChI=1S/C18H16N.C17H14N.4C12H10N.2Ir/c1-12-4-5-15-6-7-19-18(17(15)11-12)16-9-13(2)8-14(3)10-16;1-12-9-13(2)11-15(10-12)17-16-6-4-3-5-14(16)7-8-18-17;4*1-10-6-5-9-12(13-10)11-7-3-2-4-8-11;;/h4-9,11H,1-3H3;3-10H,1-2H3;4*2-7,9H,1H3;;/q6*-1;2*+3/i2D3,3D3;1D3,2D3;;;;;;. The number of benzene rings is 8. The number of aryl methyl sites for hydroxylation is 9. The smallest absolute Gasteiger partial charge is 0.304 e. The molecular weight excluding hydrogens is 1470 g/mol. The molecule has 91 heavy (non-hydrogen) atoms. The molecule has 8 heteroatoms. The van der Waals surface area contributed by atoms with Crippen LogP contribution in [0, 0.1) is 98.4 Å². The fourth-order valence-corrected chi connectivity index (χ4v) is 9.21. The first-order chi connectivity index (χ1) is 48.2. The van der Waals surface area contributed by atoms with Gasteiger partial charge in [-0.25, -0.2) is 0 Å². The molecule has 0 aliphatic heterocycles. The Kier molecular flexibility index (Phi) is 20.5. The number of hydrogen-bond acceptors (Lipinski definition) is 6. The number of nitrogens with zero attached hydrogens (tertiary/aromatic N) is 6. The second kappa shape index (κ2) is 35.0. The van der Waals surface area contributed by atoms with Crippen molar-refractivity contribution in [3.8, 4) is 67.5 Å². The normalized spacial score (nSPS) is 12.6. The molecule has 0 atom stereocenters. The third kappa shape index (κ3) is 20.8. The van der Waals surface area contributed by atoms with E-state index in [1.807, 2.05) is 259 Å². The van der Waals surface area contributed by atoms with Crippen LogP contribution in [0.5, 0.6) is 0 Å². The summed E-state index contributed by atoms with van der Waals surface area (Å²) in [5.41, 5.74) is 14.8. The SMILES string of the molecule is Cc1cccc(-c2[c-]cccc2)n1.Cc1cccc(-c2[c-]cccc2)n1.Cc1cccc(-c2[c-]cccc2)n1.Cc1cccc(-c2[c-]cccc2)n1.[2H]C([2H])([2H])c1[c-]c(-c2nccc3ccc(C)cc23)cc(C([2H])([2H])[2H])c1.[2H]C([2H])([2H])c1[c-]c(-c2nccc3ccccc23)cc(C([2H])([2H])[2H])c1.[Ir+3].[Ir+3]. The van der Waals surface area contributed by atoms with E-state index >= 15 is 0 Å². The van der Waals surface area contributed by atoms with Crippen molar-refractivity contribution >= 4 is 21.5 Å². The van der Waals surface area contributed by atoms with Crippen LogP contribution in [0.4, 0.5) is 0 Å². The zero-order chi connectivity index (χ0) is 72.3. The van der Waals surface area contributed by atoms with E-state index in [2.05, 4.69) is 66.3 Å². The maximum absolute atomic E-state index is 7.65. The van der Waals surface area contributed by atoms with Gasteiger partial charge in [0, 0.05) is 51.6 Å². The summed E-state index contributed by atoms with van der Waals surface area (Å²) in [6, 6.07) is 96.1. The average molecular weight is 1550 g/mol. The molecule has 0 unspecified atom stereocenters. The second-order valence-electron chi connectivity index (χ2n) is 20.4. The van der Waals surface area contributed by atoms with Gasteiger partial charge in [-0.3, -0.25) is 0 Å². The van der Waals surface area contributed by atoms with Gasteiger partial charge >= 0.3 is 40.2 Å². The van der Waals surface area contributed by atoms with Gasteiger partial charge in [-0.15, -0.1) is 213 Å². The number of pyridine rings is 6. The molecule has 0 aliphatic carbocycles. The second-order valence-corrected chi connectivity index (χ2v) is 20.4. The Morgan fingerprint density at radius 2 is 0.659 bits per heavy atom. The Morgan fingerprint density at radius 3 is 1.01 bits per heavy atom. The minimum absolute atomic E-state index is 0. The van der Waals surface area contributed by atoms with E-state index in [0.29, 0.717) is 22.5 Å². The molecule has 8 aromatic carbocycles. The van der Waals surface area contributed by atoms with Crippen LogP contribution in [-0.2, 0) is 40.2 Å². The quantitative estimate of drug-likeness (QED) is 0.154. The Bertz CT molecular complexity index is 4630. The molecule has 0 amide bonds. The van der Waals surface area contributed by atoms with Crippen LogP contribution in [0.25, 0.3) is 89.1 Å². The van der Waals surface area contributed by atoms with Crippen LogP contribution < -0.4 is 0 Å². The van der Waals surface area contributed by atoms with Crippen molar-refractivity contribution in [2.75, 3.05) is 0 Å². The molecule has 0 spiro atoms. The van der Waals surface area contributed by atoms with Crippen molar-refractivity contribution in [1.82, 2.24) is 29.9 Å². The van der Waals surface area contributed by atoms with Gasteiger partial charge in [-0.05, 0) is 127 Å². The summed E-state index contributed by atoms with van der Waals surface area (Å²) in [4.78, 5) is 26.3. The maximum Gasteiger partial charge on any atom is 3.00 e. The van der Waals surface area contributed by atoms with E-state index in [-0.39, 0.29) is 62.5 Å². The van der Waals surface area contributed by atoms with E-state index in [4.69, 9.17) is 16.4 Å². The molecule has 0 radical (unpaired) electrons. The van der Waals surface area contributed by atoms with E-state index in [1.165, 1.54) is 24.3 Å². The minimum Gasteiger partial charge on any atom is -0.304 e. The van der Waals surface area contributed by atoms with Crippen molar-refractivity contribution in [3.63, 3.8) is 0 Å². The molecular formula is C83H70Ir2N6. The molecule has 14 rings (SSSR count). The third-order valence-electron chi connectivity index (χ3n) is 13.3. The molecule has 0 aliphatic rings.